The van der Waals surface area contributed by atoms with Crippen molar-refractivity contribution >= 4 is 28.6 Å². The van der Waals surface area contributed by atoms with Gasteiger partial charge in [0.05, 0.1) is 5.56 Å². The molecule has 0 heterocycles. The second-order valence-electron chi connectivity index (χ2n) is 2.50. The highest BCUT2D eigenvalue weighted by molar-refractivity contribution is 14.1. The van der Waals surface area contributed by atoms with Crippen LogP contribution in [0.25, 0.3) is 0 Å². The normalized spacial score (nSPS) is 9.69. The highest BCUT2D eigenvalue weighted by atomic mass is 127. The minimum Gasteiger partial charge on any atom is -0.249 e. The van der Waals surface area contributed by atoms with Gasteiger partial charge in [-0.1, -0.05) is 34.7 Å². The van der Waals surface area contributed by atoms with Crippen LogP contribution in [0.5, 0.6) is 0 Å². The number of benzene rings is 1. The maximum absolute atomic E-state index is 11.5. The summed E-state index contributed by atoms with van der Waals surface area (Å²) in [5.41, 5.74) is 1.27. The molecule has 0 saturated carbocycles. The second-order valence-corrected chi connectivity index (χ2v) is 3.58. The lowest BCUT2D eigenvalue weighted by molar-refractivity contribution is -0.0788. The summed E-state index contributed by atoms with van der Waals surface area (Å²) in [6.07, 6.45) is 0.869. The summed E-state index contributed by atoms with van der Waals surface area (Å²) in [5.74, 6) is -0.935. The highest BCUT2D eigenvalue weighted by Crippen LogP contribution is 2.08. The largest absolute Gasteiger partial charge is 0.379 e. The van der Waals surface area contributed by atoms with Crippen molar-refractivity contribution in [3.05, 3.63) is 35.4 Å². The third kappa shape index (κ3) is 2.95. The van der Waals surface area contributed by atoms with E-state index in [9.17, 15) is 9.32 Å². The van der Waals surface area contributed by atoms with Gasteiger partial charge in [-0.3, -0.25) is 0 Å². The van der Waals surface area contributed by atoms with Crippen molar-refractivity contribution in [2.45, 2.75) is 6.42 Å². The first-order valence-electron chi connectivity index (χ1n) is 3.75. The molecule has 1 aromatic carbocycles. The van der Waals surface area contributed by atoms with Crippen LogP contribution in [-0.2, 0) is 11.4 Å². The predicted octanol–water partition coefficient (Wildman–Crippen LogP) is 2.71. The molecule has 0 atom stereocenters. The Morgan fingerprint density at radius 3 is 2.92 bits per heavy atom. The first-order valence-corrected chi connectivity index (χ1v) is 5.28. The van der Waals surface area contributed by atoms with Crippen molar-refractivity contribution in [2.75, 3.05) is 4.43 Å². The number of alkyl halides is 1. The minimum absolute atomic E-state index is 0.254. The third-order valence-corrected chi connectivity index (χ3v) is 2.16. The predicted molar refractivity (Wildman–Crippen MR) is 55.6 cm³/mol. The molecule has 0 aliphatic heterocycles. The van der Waals surface area contributed by atoms with Gasteiger partial charge in [-0.2, -0.15) is 0 Å². The zero-order valence-electron chi connectivity index (χ0n) is 6.80. The molecule has 0 bridgehead atoms. The van der Waals surface area contributed by atoms with E-state index < -0.39 is 5.97 Å². The Morgan fingerprint density at radius 1 is 1.54 bits per heavy atom. The molecule has 0 aliphatic carbocycles. The van der Waals surface area contributed by atoms with Crippen LogP contribution in [0.3, 0.4) is 0 Å². The van der Waals surface area contributed by atoms with Crippen molar-refractivity contribution in [3.63, 3.8) is 0 Å². The molecule has 13 heavy (non-hydrogen) atoms. The highest BCUT2D eigenvalue weighted by Gasteiger charge is 2.07. The summed E-state index contributed by atoms with van der Waals surface area (Å²) in [4.78, 5) is 13.9. The molecule has 1 aromatic rings. The van der Waals surface area contributed by atoms with E-state index in [1.807, 2.05) is 6.07 Å². The van der Waals surface area contributed by atoms with Crippen molar-refractivity contribution in [2.24, 2.45) is 0 Å². The Hall–Kier alpha value is -0.650. The lowest BCUT2D eigenvalue weighted by Gasteiger charge is -1.99. The molecule has 0 spiro atoms. The summed E-state index contributed by atoms with van der Waals surface area (Å²) >= 11 is 2.24. The van der Waals surface area contributed by atoms with E-state index in [2.05, 4.69) is 27.5 Å². The topological polar surface area (TPSA) is 26.3 Å². The molecular weight excluding hydrogens is 286 g/mol. The monoisotopic (exact) mass is 294 g/mol. The van der Waals surface area contributed by atoms with Crippen LogP contribution in [0.4, 0.5) is 4.53 Å². The van der Waals surface area contributed by atoms with Crippen LogP contribution in [0.15, 0.2) is 24.3 Å². The maximum atomic E-state index is 11.5. The zero-order valence-corrected chi connectivity index (χ0v) is 8.95. The van der Waals surface area contributed by atoms with Crippen molar-refractivity contribution in [1.29, 1.82) is 0 Å². The minimum atomic E-state index is -0.935. The SMILES string of the molecule is O=C(OF)c1cccc(CCI)c1. The third-order valence-electron chi connectivity index (χ3n) is 1.62. The molecule has 70 valence electrons. The van der Waals surface area contributed by atoms with Gasteiger partial charge in [0.1, 0.15) is 0 Å². The van der Waals surface area contributed by atoms with E-state index >= 15 is 0 Å². The Bertz CT molecular complexity index is 301. The Labute approximate surface area is 89.1 Å². The molecule has 0 radical (unpaired) electrons. The number of hydrogen-bond donors (Lipinski definition) is 0. The van der Waals surface area contributed by atoms with Crippen LogP contribution < -0.4 is 0 Å². The molecule has 0 unspecified atom stereocenters. The average Bonchev–Trinajstić information content (AvgIpc) is 2.18. The van der Waals surface area contributed by atoms with E-state index in [1.54, 1.807) is 12.1 Å². The lowest BCUT2D eigenvalue weighted by Crippen LogP contribution is -1.99. The molecule has 0 fully saturated rings. The van der Waals surface area contributed by atoms with Crippen molar-refractivity contribution < 1.29 is 14.3 Å². The Balaban J connectivity index is 2.85. The Morgan fingerprint density at radius 2 is 2.31 bits per heavy atom. The van der Waals surface area contributed by atoms with Crippen LogP contribution in [0, 0.1) is 0 Å². The van der Waals surface area contributed by atoms with Crippen LogP contribution >= 0.6 is 22.6 Å². The number of aryl methyl sites for hydroxylation is 1. The molecule has 4 heteroatoms. The molecule has 2 nitrogen and oxygen atoms in total. The molecule has 0 N–H and O–H groups in total. The molecule has 0 amide bonds. The molecule has 0 aromatic heterocycles. The summed E-state index contributed by atoms with van der Waals surface area (Å²) in [6, 6.07) is 6.78. The smallest absolute Gasteiger partial charge is 0.249 e. The maximum Gasteiger partial charge on any atom is 0.379 e. The fourth-order valence-corrected chi connectivity index (χ4v) is 1.63. The standard InChI is InChI=1S/C9H8FIO2/c10-13-9(12)8-3-1-2-7(6-8)4-5-11/h1-3,6H,4-5H2. The van der Waals surface area contributed by atoms with Gasteiger partial charge in [0.15, 0.2) is 0 Å². The fraction of sp³-hybridized carbons (Fsp3) is 0.222. The number of carbonyl (C=O) groups is 1. The van der Waals surface area contributed by atoms with Crippen LogP contribution in [0.2, 0.25) is 0 Å². The molecule has 1 rings (SSSR count). The number of halogens is 2. The fourth-order valence-electron chi connectivity index (χ4n) is 1.01. The number of rotatable bonds is 3. The van der Waals surface area contributed by atoms with Crippen LogP contribution in [0.1, 0.15) is 15.9 Å². The van der Waals surface area contributed by atoms with Gasteiger partial charge in [0, 0.05) is 8.95 Å². The summed E-state index contributed by atoms with van der Waals surface area (Å²) < 4.78 is 12.5. The average molecular weight is 294 g/mol. The van der Waals surface area contributed by atoms with E-state index in [1.165, 1.54) is 6.07 Å². The van der Waals surface area contributed by atoms with Gasteiger partial charge in [0.2, 0.25) is 0 Å². The number of carbonyl (C=O) groups excluding carboxylic acids is 1. The Kier molecular flexibility index (Phi) is 4.14. The van der Waals surface area contributed by atoms with Gasteiger partial charge in [-0.05, 0) is 24.1 Å². The van der Waals surface area contributed by atoms with Crippen LogP contribution in [-0.4, -0.2) is 10.4 Å². The summed E-state index contributed by atoms with van der Waals surface area (Å²) in [7, 11) is 0. The second kappa shape index (κ2) is 5.16. The van der Waals surface area contributed by atoms with E-state index in [0.29, 0.717) is 0 Å². The van der Waals surface area contributed by atoms with Gasteiger partial charge >= 0.3 is 5.97 Å². The van der Waals surface area contributed by atoms with Gasteiger partial charge in [0.25, 0.3) is 0 Å². The van der Waals surface area contributed by atoms with Gasteiger partial charge < -0.3 is 0 Å². The zero-order chi connectivity index (χ0) is 9.68. The van der Waals surface area contributed by atoms with Gasteiger partial charge in [-0.25, -0.2) is 9.74 Å². The van der Waals surface area contributed by atoms with E-state index in [4.69, 9.17) is 0 Å². The van der Waals surface area contributed by atoms with Crippen molar-refractivity contribution in [3.8, 4) is 0 Å². The van der Waals surface area contributed by atoms with E-state index in [0.717, 1.165) is 16.4 Å². The summed E-state index contributed by atoms with van der Waals surface area (Å²) in [5, 5.41) is 0. The number of hydrogen-bond acceptors (Lipinski definition) is 2. The first kappa shape index (κ1) is 10.4. The first-order chi connectivity index (χ1) is 6.27. The molecule has 0 saturated heterocycles. The lowest BCUT2D eigenvalue weighted by atomic mass is 10.1. The van der Waals surface area contributed by atoms with Gasteiger partial charge in [-0.15, -0.1) is 0 Å². The molecule has 0 aliphatic rings. The molecular formula is C9H8FIO2. The van der Waals surface area contributed by atoms with E-state index in [-0.39, 0.29) is 5.56 Å². The van der Waals surface area contributed by atoms with Crippen molar-refractivity contribution in [1.82, 2.24) is 0 Å². The quantitative estimate of drug-likeness (QED) is 0.633. The summed E-state index contributed by atoms with van der Waals surface area (Å²) in [6.45, 7) is 0.